The van der Waals surface area contributed by atoms with Crippen molar-refractivity contribution in [2.45, 2.75) is 51.5 Å². The fourth-order valence-electron chi connectivity index (χ4n) is 2.68. The predicted molar refractivity (Wildman–Crippen MR) is 68.7 cm³/mol. The van der Waals surface area contributed by atoms with Crippen LogP contribution in [0.3, 0.4) is 0 Å². The second-order valence-corrected chi connectivity index (χ2v) is 4.93. The van der Waals surface area contributed by atoms with Crippen LogP contribution in [0.25, 0.3) is 0 Å². The van der Waals surface area contributed by atoms with Crippen molar-refractivity contribution in [2.24, 2.45) is 0 Å². The summed E-state index contributed by atoms with van der Waals surface area (Å²) in [5.41, 5.74) is 0.0437. The fraction of sp³-hybridized carbons (Fsp3) is 1.00. The fourth-order valence-corrected chi connectivity index (χ4v) is 2.68. The third-order valence-corrected chi connectivity index (χ3v) is 3.96. The Bertz CT molecular complexity index is 173. The van der Waals surface area contributed by atoms with Crippen LogP contribution < -0.4 is 5.32 Å². The van der Waals surface area contributed by atoms with Crippen molar-refractivity contribution in [1.82, 2.24) is 10.2 Å². The van der Waals surface area contributed by atoms with E-state index in [0.717, 1.165) is 39.0 Å². The van der Waals surface area contributed by atoms with E-state index in [1.165, 1.54) is 19.3 Å². The maximum atomic E-state index is 9.79. The first-order chi connectivity index (χ1) is 7.79. The summed E-state index contributed by atoms with van der Waals surface area (Å²) in [5.74, 6) is 0. The highest BCUT2D eigenvalue weighted by atomic mass is 16.3. The molecule has 1 atom stereocenters. The van der Waals surface area contributed by atoms with Crippen molar-refractivity contribution in [1.29, 1.82) is 0 Å². The molecule has 1 fully saturated rings. The number of aliphatic hydroxyl groups excluding tert-OH is 1. The van der Waals surface area contributed by atoms with Crippen LogP contribution in [0.15, 0.2) is 0 Å². The lowest BCUT2D eigenvalue weighted by atomic mass is 9.88. The third kappa shape index (κ3) is 3.44. The third-order valence-electron chi connectivity index (χ3n) is 3.96. The van der Waals surface area contributed by atoms with Crippen molar-refractivity contribution in [3.8, 4) is 0 Å². The molecule has 0 saturated carbocycles. The Balaban J connectivity index is 2.64. The van der Waals surface area contributed by atoms with Gasteiger partial charge in [0.05, 0.1) is 6.61 Å². The van der Waals surface area contributed by atoms with E-state index < -0.39 is 0 Å². The minimum atomic E-state index is 0.0437. The molecule has 1 heterocycles. The SMILES string of the molecule is CCCCC(CC)(CO)N1CCCNCC1. The van der Waals surface area contributed by atoms with Gasteiger partial charge in [-0.05, 0) is 25.8 Å². The summed E-state index contributed by atoms with van der Waals surface area (Å²) in [6.45, 7) is 9.14. The molecule has 0 amide bonds. The Morgan fingerprint density at radius 3 is 2.69 bits per heavy atom. The molecule has 0 aromatic heterocycles. The Hall–Kier alpha value is -0.120. The van der Waals surface area contributed by atoms with E-state index in [4.69, 9.17) is 0 Å². The summed E-state index contributed by atoms with van der Waals surface area (Å²) in [4.78, 5) is 2.52. The topological polar surface area (TPSA) is 35.5 Å². The van der Waals surface area contributed by atoms with Gasteiger partial charge in [0.1, 0.15) is 0 Å². The zero-order chi connectivity index (χ0) is 11.9. The molecule has 1 rings (SSSR count). The normalized spacial score (nSPS) is 22.7. The van der Waals surface area contributed by atoms with Gasteiger partial charge in [-0.1, -0.05) is 26.7 Å². The maximum Gasteiger partial charge on any atom is 0.0615 e. The van der Waals surface area contributed by atoms with Crippen molar-refractivity contribution in [2.75, 3.05) is 32.8 Å². The lowest BCUT2D eigenvalue weighted by molar-refractivity contribution is 0.0214. The quantitative estimate of drug-likeness (QED) is 0.725. The molecule has 1 aliphatic rings. The van der Waals surface area contributed by atoms with Crippen LogP contribution >= 0.6 is 0 Å². The first kappa shape index (κ1) is 13.9. The van der Waals surface area contributed by atoms with Crippen molar-refractivity contribution < 1.29 is 5.11 Å². The molecular formula is C13H28N2O. The van der Waals surface area contributed by atoms with Gasteiger partial charge in [-0.2, -0.15) is 0 Å². The van der Waals surface area contributed by atoms with E-state index in [0.29, 0.717) is 6.61 Å². The Morgan fingerprint density at radius 2 is 2.06 bits per heavy atom. The molecule has 3 nitrogen and oxygen atoms in total. The predicted octanol–water partition coefficient (Wildman–Crippen LogP) is 1.61. The van der Waals surface area contributed by atoms with E-state index in [2.05, 4.69) is 24.1 Å². The summed E-state index contributed by atoms with van der Waals surface area (Å²) in [5, 5.41) is 13.2. The van der Waals surface area contributed by atoms with Crippen LogP contribution in [-0.4, -0.2) is 48.3 Å². The molecule has 0 aromatic rings. The smallest absolute Gasteiger partial charge is 0.0615 e. The standard InChI is InChI=1S/C13H28N2O/c1-3-5-7-13(4-2,12-16)15-10-6-8-14-9-11-15/h14,16H,3-12H2,1-2H3. The Kier molecular flexibility index (Phi) is 6.32. The minimum Gasteiger partial charge on any atom is -0.394 e. The average Bonchev–Trinajstić information content (AvgIpc) is 2.61. The highest BCUT2D eigenvalue weighted by Gasteiger charge is 2.33. The number of unbranched alkanes of at least 4 members (excludes halogenated alkanes) is 1. The van der Waals surface area contributed by atoms with E-state index in [1.54, 1.807) is 0 Å². The van der Waals surface area contributed by atoms with Gasteiger partial charge in [0.25, 0.3) is 0 Å². The van der Waals surface area contributed by atoms with E-state index in [1.807, 2.05) is 0 Å². The van der Waals surface area contributed by atoms with Crippen molar-refractivity contribution in [3.05, 3.63) is 0 Å². The first-order valence-electron chi connectivity index (χ1n) is 6.85. The number of rotatable bonds is 6. The lowest BCUT2D eigenvalue weighted by Crippen LogP contribution is -2.52. The summed E-state index contributed by atoms with van der Waals surface area (Å²) in [6, 6.07) is 0. The molecule has 1 saturated heterocycles. The van der Waals surface area contributed by atoms with Crippen LogP contribution in [0, 0.1) is 0 Å². The Morgan fingerprint density at radius 1 is 1.25 bits per heavy atom. The van der Waals surface area contributed by atoms with E-state index in [-0.39, 0.29) is 5.54 Å². The molecule has 0 spiro atoms. The molecule has 3 heteroatoms. The van der Waals surface area contributed by atoms with Crippen molar-refractivity contribution >= 4 is 0 Å². The van der Waals surface area contributed by atoms with Gasteiger partial charge in [-0.15, -0.1) is 0 Å². The number of nitrogens with zero attached hydrogens (tertiary/aromatic N) is 1. The second kappa shape index (κ2) is 7.25. The monoisotopic (exact) mass is 228 g/mol. The van der Waals surface area contributed by atoms with Crippen LogP contribution in [0.1, 0.15) is 46.0 Å². The summed E-state index contributed by atoms with van der Waals surface area (Å²) >= 11 is 0. The number of nitrogens with one attached hydrogen (secondary N) is 1. The largest absolute Gasteiger partial charge is 0.394 e. The summed E-state index contributed by atoms with van der Waals surface area (Å²) in [6.07, 6.45) is 5.83. The molecule has 0 aromatic carbocycles. The number of hydrogen-bond acceptors (Lipinski definition) is 3. The van der Waals surface area contributed by atoms with E-state index >= 15 is 0 Å². The van der Waals surface area contributed by atoms with Gasteiger partial charge < -0.3 is 10.4 Å². The van der Waals surface area contributed by atoms with Gasteiger partial charge in [-0.25, -0.2) is 0 Å². The lowest BCUT2D eigenvalue weighted by Gasteiger charge is -2.42. The number of hydrogen-bond donors (Lipinski definition) is 2. The highest BCUT2D eigenvalue weighted by molar-refractivity contribution is 4.90. The molecule has 16 heavy (non-hydrogen) atoms. The van der Waals surface area contributed by atoms with Crippen LogP contribution in [0.5, 0.6) is 0 Å². The summed E-state index contributed by atoms with van der Waals surface area (Å²) in [7, 11) is 0. The molecule has 0 radical (unpaired) electrons. The summed E-state index contributed by atoms with van der Waals surface area (Å²) < 4.78 is 0. The first-order valence-corrected chi connectivity index (χ1v) is 6.85. The van der Waals surface area contributed by atoms with Gasteiger partial charge in [0, 0.05) is 25.2 Å². The zero-order valence-corrected chi connectivity index (χ0v) is 11.0. The van der Waals surface area contributed by atoms with Gasteiger partial charge in [0.2, 0.25) is 0 Å². The number of aliphatic hydroxyl groups is 1. The van der Waals surface area contributed by atoms with Gasteiger partial charge >= 0.3 is 0 Å². The van der Waals surface area contributed by atoms with E-state index in [9.17, 15) is 5.11 Å². The van der Waals surface area contributed by atoms with Gasteiger partial charge in [-0.3, -0.25) is 4.90 Å². The van der Waals surface area contributed by atoms with Gasteiger partial charge in [0.15, 0.2) is 0 Å². The molecule has 96 valence electrons. The molecular weight excluding hydrogens is 200 g/mol. The molecule has 0 bridgehead atoms. The van der Waals surface area contributed by atoms with Crippen LogP contribution in [0.2, 0.25) is 0 Å². The highest BCUT2D eigenvalue weighted by Crippen LogP contribution is 2.26. The average molecular weight is 228 g/mol. The molecule has 0 aliphatic carbocycles. The molecule has 1 aliphatic heterocycles. The Labute approximate surface area is 100 Å². The molecule has 2 N–H and O–H groups in total. The second-order valence-electron chi connectivity index (χ2n) is 4.93. The van der Waals surface area contributed by atoms with Crippen molar-refractivity contribution in [3.63, 3.8) is 0 Å². The zero-order valence-electron chi connectivity index (χ0n) is 11.0. The van der Waals surface area contributed by atoms with Crippen LogP contribution in [0.4, 0.5) is 0 Å². The van der Waals surface area contributed by atoms with Crippen LogP contribution in [-0.2, 0) is 0 Å². The molecule has 1 unspecified atom stereocenters. The minimum absolute atomic E-state index is 0.0437. The maximum absolute atomic E-state index is 9.79.